The molecule has 1 saturated heterocycles. The summed E-state index contributed by atoms with van der Waals surface area (Å²) in [6.07, 6.45) is 6.98. The van der Waals surface area contributed by atoms with E-state index >= 15 is 0 Å². The van der Waals surface area contributed by atoms with Crippen LogP contribution in [0.1, 0.15) is 6.42 Å². The summed E-state index contributed by atoms with van der Waals surface area (Å²) < 4.78 is 0. The van der Waals surface area contributed by atoms with Gasteiger partial charge in [0.1, 0.15) is 0 Å². The molecule has 0 radical (unpaired) electrons. The van der Waals surface area contributed by atoms with Crippen molar-refractivity contribution in [1.82, 2.24) is 9.97 Å². The van der Waals surface area contributed by atoms with E-state index in [-0.39, 0.29) is 35.5 Å². The maximum atomic E-state index is 12.9. The maximum absolute atomic E-state index is 12.9. The van der Waals surface area contributed by atoms with Crippen LogP contribution in [0.15, 0.2) is 66.9 Å². The molecule has 2 amide bonds. The molecule has 2 bridgehead atoms. The number of carbonyl (C=O) groups is 2. The van der Waals surface area contributed by atoms with Gasteiger partial charge in [0.15, 0.2) is 5.82 Å². The molecule has 1 aliphatic heterocycles. The predicted octanol–water partition coefficient (Wildman–Crippen LogP) is 3.61. The van der Waals surface area contributed by atoms with Gasteiger partial charge in [0.05, 0.1) is 23.0 Å². The molecule has 4 atom stereocenters. The van der Waals surface area contributed by atoms with Gasteiger partial charge in [-0.2, -0.15) is 0 Å². The zero-order valence-electron chi connectivity index (χ0n) is 15.0. The Morgan fingerprint density at radius 1 is 0.857 bits per heavy atom. The van der Waals surface area contributed by atoms with Crippen LogP contribution in [-0.4, -0.2) is 21.8 Å². The first-order valence-electron chi connectivity index (χ1n) is 9.59. The van der Waals surface area contributed by atoms with Crippen molar-refractivity contribution in [2.75, 3.05) is 4.90 Å². The molecular weight excluding hydrogens is 350 g/mol. The van der Waals surface area contributed by atoms with E-state index < -0.39 is 0 Å². The third kappa shape index (κ3) is 2.07. The van der Waals surface area contributed by atoms with Gasteiger partial charge in [0.2, 0.25) is 11.8 Å². The van der Waals surface area contributed by atoms with Crippen molar-refractivity contribution < 1.29 is 9.59 Å². The van der Waals surface area contributed by atoms with Gasteiger partial charge in [-0.15, -0.1) is 0 Å². The number of allylic oxidation sites excluding steroid dienone is 2. The van der Waals surface area contributed by atoms with Gasteiger partial charge >= 0.3 is 0 Å². The smallest absolute Gasteiger partial charge is 0.238 e. The van der Waals surface area contributed by atoms with Crippen LogP contribution in [-0.2, 0) is 9.59 Å². The Morgan fingerprint density at radius 3 is 2.25 bits per heavy atom. The highest BCUT2D eigenvalue weighted by atomic mass is 16.2. The van der Waals surface area contributed by atoms with Crippen LogP contribution in [0.5, 0.6) is 0 Å². The predicted molar refractivity (Wildman–Crippen MR) is 105 cm³/mol. The number of nitrogens with zero attached hydrogens (tertiary/aromatic N) is 3. The van der Waals surface area contributed by atoms with Crippen molar-refractivity contribution in [3.8, 4) is 11.4 Å². The number of amides is 2. The summed E-state index contributed by atoms with van der Waals surface area (Å²) in [5, 5.41) is 0.992. The van der Waals surface area contributed by atoms with Gasteiger partial charge in [0, 0.05) is 17.1 Å². The molecule has 1 saturated carbocycles. The van der Waals surface area contributed by atoms with Crippen molar-refractivity contribution in [3.63, 3.8) is 0 Å². The second kappa shape index (κ2) is 5.58. The quantitative estimate of drug-likeness (QED) is 0.513. The molecule has 1 unspecified atom stereocenters. The molecule has 2 aliphatic carbocycles. The van der Waals surface area contributed by atoms with Gasteiger partial charge in [-0.3, -0.25) is 14.5 Å². The van der Waals surface area contributed by atoms with Crippen LogP contribution in [0.4, 0.5) is 5.69 Å². The minimum atomic E-state index is -0.175. The first-order valence-corrected chi connectivity index (χ1v) is 9.59. The third-order valence-corrected chi connectivity index (χ3v) is 6.34. The van der Waals surface area contributed by atoms with E-state index in [2.05, 4.69) is 22.1 Å². The number of anilines is 1. The first-order chi connectivity index (χ1) is 13.7. The standard InChI is InChI=1S/C23H17N3O2/c27-22-19-14-5-6-15(11-14)20(19)23(28)26(22)17-9-7-13(8-10-17)21-24-12-16-3-1-2-4-18(16)25-21/h1-10,12,14-15,19-20H,11H2/t14-,15?,19-,20+/m0/s1. The van der Waals surface area contributed by atoms with Gasteiger partial charge < -0.3 is 0 Å². The molecule has 136 valence electrons. The van der Waals surface area contributed by atoms with E-state index in [1.54, 1.807) is 0 Å². The summed E-state index contributed by atoms with van der Waals surface area (Å²) in [5.41, 5.74) is 2.38. The average molecular weight is 367 g/mol. The largest absolute Gasteiger partial charge is 0.274 e. The van der Waals surface area contributed by atoms with Gasteiger partial charge in [-0.05, 0) is 48.6 Å². The van der Waals surface area contributed by atoms with Crippen LogP contribution in [0, 0.1) is 23.7 Å². The molecule has 2 aromatic carbocycles. The monoisotopic (exact) mass is 367 g/mol. The van der Waals surface area contributed by atoms with Crippen LogP contribution >= 0.6 is 0 Å². The second-order valence-corrected chi connectivity index (χ2v) is 7.81. The van der Waals surface area contributed by atoms with Crippen LogP contribution < -0.4 is 4.90 Å². The highest BCUT2D eigenvalue weighted by molar-refractivity contribution is 6.22. The van der Waals surface area contributed by atoms with Gasteiger partial charge in [-0.25, -0.2) is 9.97 Å². The number of aromatic nitrogens is 2. The number of carbonyl (C=O) groups excluding carboxylic acids is 2. The van der Waals surface area contributed by atoms with Crippen molar-refractivity contribution in [2.45, 2.75) is 6.42 Å². The molecule has 2 heterocycles. The lowest BCUT2D eigenvalue weighted by atomic mass is 9.85. The fraction of sp³-hybridized carbons (Fsp3) is 0.217. The van der Waals surface area contributed by atoms with Crippen molar-refractivity contribution in [2.24, 2.45) is 23.7 Å². The Labute approximate surface area is 161 Å². The summed E-state index contributed by atoms with van der Waals surface area (Å²) in [6, 6.07) is 15.2. The molecule has 3 aromatic rings. The summed E-state index contributed by atoms with van der Waals surface area (Å²) in [5.74, 6) is 0.618. The molecule has 5 nitrogen and oxygen atoms in total. The van der Waals surface area contributed by atoms with Crippen LogP contribution in [0.3, 0.4) is 0 Å². The van der Waals surface area contributed by atoms with Crippen molar-refractivity contribution in [3.05, 3.63) is 66.9 Å². The number of imide groups is 1. The zero-order valence-corrected chi connectivity index (χ0v) is 15.0. The topological polar surface area (TPSA) is 63.2 Å². The van der Waals surface area contributed by atoms with Crippen molar-refractivity contribution in [1.29, 1.82) is 0 Å². The molecule has 0 spiro atoms. The fourth-order valence-corrected chi connectivity index (χ4v) is 5.03. The minimum absolute atomic E-state index is 0.0541. The summed E-state index contributed by atoms with van der Waals surface area (Å²) in [7, 11) is 0. The first kappa shape index (κ1) is 15.7. The normalized spacial score (nSPS) is 27.8. The van der Waals surface area contributed by atoms with E-state index in [0.29, 0.717) is 11.5 Å². The molecule has 2 fully saturated rings. The number of hydrogen-bond donors (Lipinski definition) is 0. The van der Waals surface area contributed by atoms with Crippen LogP contribution in [0.2, 0.25) is 0 Å². The number of para-hydroxylation sites is 1. The Bertz CT molecular complexity index is 1140. The lowest BCUT2D eigenvalue weighted by Gasteiger charge is -2.17. The summed E-state index contributed by atoms with van der Waals surface area (Å²) in [4.78, 5) is 36.3. The fourth-order valence-electron chi connectivity index (χ4n) is 5.03. The number of fused-ring (bicyclic) bond motifs is 6. The Hall–Kier alpha value is -3.34. The Morgan fingerprint density at radius 2 is 1.54 bits per heavy atom. The van der Waals surface area contributed by atoms with Gasteiger partial charge in [-0.1, -0.05) is 30.4 Å². The van der Waals surface area contributed by atoms with E-state index in [1.807, 2.05) is 54.7 Å². The SMILES string of the molecule is O=C1[C@@H]2[C@H](C(=O)N1c1ccc(-c3ncc4ccccc4n3)cc1)C1C=C[C@H]2C1. The highest BCUT2D eigenvalue weighted by Crippen LogP contribution is 2.53. The van der Waals surface area contributed by atoms with Crippen LogP contribution in [0.25, 0.3) is 22.3 Å². The number of benzene rings is 2. The van der Waals surface area contributed by atoms with Gasteiger partial charge in [0.25, 0.3) is 0 Å². The Kier molecular flexibility index (Phi) is 3.13. The Balaban J connectivity index is 1.33. The van der Waals surface area contributed by atoms with Crippen molar-refractivity contribution >= 4 is 28.4 Å². The zero-order chi connectivity index (χ0) is 18.8. The molecular formula is C23H17N3O2. The number of hydrogen-bond acceptors (Lipinski definition) is 4. The molecule has 28 heavy (non-hydrogen) atoms. The molecule has 0 N–H and O–H groups in total. The molecule has 1 aromatic heterocycles. The lowest BCUT2D eigenvalue weighted by Crippen LogP contribution is -2.32. The second-order valence-electron chi connectivity index (χ2n) is 7.81. The third-order valence-electron chi connectivity index (χ3n) is 6.34. The molecule has 6 rings (SSSR count). The lowest BCUT2D eigenvalue weighted by molar-refractivity contribution is -0.123. The van der Waals surface area contributed by atoms with E-state index in [1.165, 1.54) is 4.90 Å². The summed E-state index contributed by atoms with van der Waals surface area (Å²) in [6.45, 7) is 0. The van der Waals surface area contributed by atoms with E-state index in [0.717, 1.165) is 22.9 Å². The number of rotatable bonds is 2. The molecule has 3 aliphatic rings. The minimum Gasteiger partial charge on any atom is -0.274 e. The highest BCUT2D eigenvalue weighted by Gasteiger charge is 2.59. The average Bonchev–Trinajstić information content (AvgIpc) is 3.42. The maximum Gasteiger partial charge on any atom is 0.238 e. The summed E-state index contributed by atoms with van der Waals surface area (Å²) >= 11 is 0. The van der Waals surface area contributed by atoms with E-state index in [4.69, 9.17) is 0 Å². The van der Waals surface area contributed by atoms with E-state index in [9.17, 15) is 9.59 Å². The molecule has 5 heteroatoms.